The molecule has 4 heterocycles. The SMILES string of the molecule is CC1CC(c2ncnc3c2c2ccc(S(=O)(=O)NC4(C#N)CC4)cc2n3-c2nnc(C(F)F)s2)=CCN1C(=O)OC(C)(C)C. The topological polar surface area (TPSA) is 156 Å². The van der Waals surface area contributed by atoms with Crippen LogP contribution in [0.1, 0.15) is 64.1 Å². The number of carbonyl (C=O) groups is 1. The van der Waals surface area contributed by atoms with Crippen LogP contribution in [0.25, 0.3) is 32.6 Å². The number of benzene rings is 1. The van der Waals surface area contributed by atoms with Gasteiger partial charge < -0.3 is 9.64 Å². The van der Waals surface area contributed by atoms with E-state index in [4.69, 9.17) is 4.74 Å². The van der Waals surface area contributed by atoms with Gasteiger partial charge >= 0.3 is 6.09 Å². The molecule has 1 aliphatic carbocycles. The van der Waals surface area contributed by atoms with E-state index >= 15 is 0 Å². The Morgan fingerprint density at radius 3 is 2.61 bits per heavy atom. The molecule has 1 N–H and O–H groups in total. The number of amides is 1. The van der Waals surface area contributed by atoms with Crippen molar-refractivity contribution in [1.82, 2.24) is 34.4 Å². The van der Waals surface area contributed by atoms with Gasteiger partial charge in [0.05, 0.1) is 27.6 Å². The van der Waals surface area contributed by atoms with Crippen LogP contribution in [-0.2, 0) is 14.8 Å². The first-order chi connectivity index (χ1) is 20.7. The Labute approximate surface area is 255 Å². The van der Waals surface area contributed by atoms with Gasteiger partial charge in [0.15, 0.2) is 10.7 Å². The molecule has 16 heteroatoms. The number of rotatable bonds is 6. The Morgan fingerprint density at radius 1 is 1.25 bits per heavy atom. The van der Waals surface area contributed by atoms with Crippen molar-refractivity contribution in [2.24, 2.45) is 0 Å². The van der Waals surface area contributed by atoms with Gasteiger partial charge in [-0.15, -0.1) is 10.2 Å². The molecule has 0 radical (unpaired) electrons. The van der Waals surface area contributed by atoms with Crippen molar-refractivity contribution in [3.05, 3.63) is 41.3 Å². The Morgan fingerprint density at radius 2 is 2.00 bits per heavy atom. The normalized spacial score (nSPS) is 18.5. The lowest BCUT2D eigenvalue weighted by Crippen LogP contribution is -2.44. The van der Waals surface area contributed by atoms with Crippen molar-refractivity contribution in [2.45, 2.75) is 75.5 Å². The van der Waals surface area contributed by atoms with Crippen molar-refractivity contribution < 1.29 is 26.7 Å². The Hall–Kier alpha value is -4.07. The number of nitrogens with one attached hydrogen (secondary N) is 1. The molecule has 0 spiro atoms. The lowest BCUT2D eigenvalue weighted by molar-refractivity contribution is 0.0198. The number of fused-ring (bicyclic) bond motifs is 3. The van der Waals surface area contributed by atoms with Crippen LogP contribution in [0.4, 0.5) is 13.6 Å². The number of hydrogen-bond donors (Lipinski definition) is 1. The van der Waals surface area contributed by atoms with Gasteiger partial charge in [0.1, 0.15) is 17.5 Å². The van der Waals surface area contributed by atoms with Crippen LogP contribution in [0.2, 0.25) is 0 Å². The summed E-state index contributed by atoms with van der Waals surface area (Å²) in [6.07, 6.45) is 1.21. The second-order valence-electron chi connectivity index (χ2n) is 11.9. The maximum Gasteiger partial charge on any atom is 0.410 e. The fraction of sp³-hybridized carbons (Fsp3) is 0.429. The van der Waals surface area contributed by atoms with Crippen molar-refractivity contribution >= 4 is 55.0 Å². The molecule has 1 aliphatic heterocycles. The molecule has 3 aromatic heterocycles. The summed E-state index contributed by atoms with van der Waals surface area (Å²) < 4.78 is 63.1. The Balaban J connectivity index is 1.50. The number of sulfonamides is 1. The number of nitriles is 1. The van der Waals surface area contributed by atoms with Crippen LogP contribution in [0, 0.1) is 11.3 Å². The number of carbonyl (C=O) groups excluding carboxylic acids is 1. The number of ether oxygens (including phenoxy) is 1. The number of nitrogens with zero attached hydrogens (tertiary/aromatic N) is 7. The highest BCUT2D eigenvalue weighted by molar-refractivity contribution is 7.89. The molecule has 1 unspecified atom stereocenters. The zero-order chi connectivity index (χ0) is 31.6. The molecule has 44 heavy (non-hydrogen) atoms. The monoisotopic (exact) mass is 642 g/mol. The van der Waals surface area contributed by atoms with Crippen LogP contribution in [-0.4, -0.2) is 67.9 Å². The second kappa shape index (κ2) is 10.5. The van der Waals surface area contributed by atoms with E-state index in [-0.39, 0.29) is 22.6 Å². The van der Waals surface area contributed by atoms with E-state index < -0.39 is 38.7 Å². The van der Waals surface area contributed by atoms with Crippen LogP contribution >= 0.6 is 11.3 Å². The van der Waals surface area contributed by atoms with Crippen LogP contribution in [0.5, 0.6) is 0 Å². The molecule has 230 valence electrons. The largest absolute Gasteiger partial charge is 0.444 e. The third-order valence-electron chi connectivity index (χ3n) is 7.44. The molecule has 6 rings (SSSR count). The first kappa shape index (κ1) is 30.0. The van der Waals surface area contributed by atoms with Gasteiger partial charge in [-0.3, -0.25) is 4.57 Å². The van der Waals surface area contributed by atoms with E-state index in [2.05, 4.69) is 24.9 Å². The van der Waals surface area contributed by atoms with Crippen molar-refractivity contribution in [3.63, 3.8) is 0 Å². The molecular formula is C28H28F2N8O4S2. The molecule has 0 saturated heterocycles. The quantitative estimate of drug-likeness (QED) is 0.302. The minimum absolute atomic E-state index is 0.0743. The van der Waals surface area contributed by atoms with Gasteiger partial charge in [-0.1, -0.05) is 23.5 Å². The molecule has 1 aromatic carbocycles. The summed E-state index contributed by atoms with van der Waals surface area (Å²) in [4.78, 5) is 23.4. The van der Waals surface area contributed by atoms with Gasteiger partial charge in [-0.2, -0.15) is 9.98 Å². The third-order valence-corrected chi connectivity index (χ3v) is 9.89. The average Bonchev–Trinajstić information content (AvgIpc) is 3.39. The fourth-order valence-corrected chi connectivity index (χ4v) is 7.28. The van der Waals surface area contributed by atoms with Crippen molar-refractivity contribution in [3.8, 4) is 11.2 Å². The van der Waals surface area contributed by atoms with E-state index in [9.17, 15) is 27.3 Å². The first-order valence-electron chi connectivity index (χ1n) is 13.8. The Bertz CT molecular complexity index is 1990. The highest BCUT2D eigenvalue weighted by Crippen LogP contribution is 2.40. The molecule has 0 bridgehead atoms. The lowest BCUT2D eigenvalue weighted by Gasteiger charge is -2.34. The summed E-state index contributed by atoms with van der Waals surface area (Å²) in [5.41, 5.74) is 0.264. The summed E-state index contributed by atoms with van der Waals surface area (Å²) in [5, 5.41) is 17.7. The summed E-state index contributed by atoms with van der Waals surface area (Å²) >= 11 is 0.665. The highest BCUT2D eigenvalue weighted by Gasteiger charge is 2.47. The number of alkyl halides is 2. The van der Waals surface area contributed by atoms with Gasteiger partial charge in [0.2, 0.25) is 15.2 Å². The summed E-state index contributed by atoms with van der Waals surface area (Å²) in [6.45, 7) is 7.59. The van der Waals surface area contributed by atoms with E-state index in [1.807, 2.05) is 19.1 Å². The van der Waals surface area contributed by atoms with Gasteiger partial charge in [-0.05, 0) is 64.7 Å². The van der Waals surface area contributed by atoms with E-state index in [0.29, 0.717) is 58.2 Å². The van der Waals surface area contributed by atoms with Crippen LogP contribution < -0.4 is 4.72 Å². The zero-order valence-electron chi connectivity index (χ0n) is 24.2. The minimum Gasteiger partial charge on any atom is -0.444 e. The molecule has 2 aliphatic rings. The number of halogens is 2. The summed E-state index contributed by atoms with van der Waals surface area (Å²) in [6, 6.07) is 6.23. The molecule has 4 aromatic rings. The molecule has 1 saturated carbocycles. The highest BCUT2D eigenvalue weighted by atomic mass is 32.2. The van der Waals surface area contributed by atoms with Crippen molar-refractivity contribution in [2.75, 3.05) is 6.54 Å². The molecule has 1 atom stereocenters. The zero-order valence-corrected chi connectivity index (χ0v) is 25.8. The second-order valence-corrected chi connectivity index (χ2v) is 14.5. The van der Waals surface area contributed by atoms with E-state index in [0.717, 1.165) is 5.57 Å². The maximum atomic E-state index is 13.5. The number of hydrogen-bond acceptors (Lipinski definition) is 10. The van der Waals surface area contributed by atoms with Crippen molar-refractivity contribution in [1.29, 1.82) is 5.26 Å². The molecule has 1 amide bonds. The Kier molecular flexibility index (Phi) is 7.17. The molecule has 1 fully saturated rings. The van der Waals surface area contributed by atoms with Gasteiger partial charge in [0, 0.05) is 18.0 Å². The van der Waals surface area contributed by atoms with Gasteiger partial charge in [-0.25, -0.2) is 32.0 Å². The van der Waals surface area contributed by atoms with Crippen LogP contribution in [0.15, 0.2) is 35.5 Å². The standard InChI is InChI=1S/C28H28F2N8O4S2/c1-15-11-16(7-10-37(15)26(39)42-27(2,3)4)21-20-18-6-5-17(44(40,41)36-28(13-31)8-9-28)12-19(18)38(23(20)33-14-32-21)25-35-34-24(43-25)22(29)30/h5-7,12,14-15,22,36H,8-11H2,1-4H3. The first-order valence-corrected chi connectivity index (χ1v) is 16.1. The lowest BCUT2D eigenvalue weighted by atomic mass is 9.96. The summed E-state index contributed by atoms with van der Waals surface area (Å²) in [7, 11) is -4.10. The predicted molar refractivity (Wildman–Crippen MR) is 158 cm³/mol. The smallest absolute Gasteiger partial charge is 0.410 e. The fourth-order valence-electron chi connectivity index (χ4n) is 5.17. The third kappa shape index (κ3) is 5.39. The van der Waals surface area contributed by atoms with E-state index in [1.165, 1.54) is 23.0 Å². The van der Waals surface area contributed by atoms with E-state index in [1.54, 1.807) is 31.7 Å². The van der Waals surface area contributed by atoms with Gasteiger partial charge in [0.25, 0.3) is 6.43 Å². The molecule has 12 nitrogen and oxygen atoms in total. The predicted octanol–water partition coefficient (Wildman–Crippen LogP) is 5.11. The molecular weight excluding hydrogens is 614 g/mol. The average molecular weight is 643 g/mol. The maximum absolute atomic E-state index is 13.5. The minimum atomic E-state index is -4.10. The van der Waals surface area contributed by atoms with Crippen LogP contribution in [0.3, 0.4) is 0 Å². The summed E-state index contributed by atoms with van der Waals surface area (Å²) in [5.74, 6) is 0. The number of aromatic nitrogens is 5.